The summed E-state index contributed by atoms with van der Waals surface area (Å²) in [5.74, 6) is -0.790. The quantitative estimate of drug-likeness (QED) is 0.697. The topological polar surface area (TPSA) is 84.8 Å². The Morgan fingerprint density at radius 2 is 1.57 bits per heavy atom. The van der Waals surface area contributed by atoms with Gasteiger partial charge in [0.15, 0.2) is 11.3 Å². The SMILES string of the molecule is O=C(NS(=O)(=O)c1cccs1)C1=NOC(c2ccccc2)(c2ccccc2)C1. The molecule has 28 heavy (non-hydrogen) atoms. The van der Waals surface area contributed by atoms with E-state index >= 15 is 0 Å². The van der Waals surface area contributed by atoms with Crippen LogP contribution < -0.4 is 4.72 Å². The van der Waals surface area contributed by atoms with Crippen molar-refractivity contribution < 1.29 is 18.0 Å². The Morgan fingerprint density at radius 3 is 2.11 bits per heavy atom. The fourth-order valence-electron chi connectivity index (χ4n) is 3.09. The molecule has 142 valence electrons. The predicted molar refractivity (Wildman–Crippen MR) is 106 cm³/mol. The van der Waals surface area contributed by atoms with Crippen LogP contribution in [0.4, 0.5) is 0 Å². The van der Waals surface area contributed by atoms with Gasteiger partial charge >= 0.3 is 0 Å². The number of carbonyl (C=O) groups excluding carboxylic acids is 1. The second-order valence-corrected chi connectivity index (χ2v) is 9.09. The lowest BCUT2D eigenvalue weighted by Gasteiger charge is -2.27. The Morgan fingerprint density at radius 1 is 0.964 bits per heavy atom. The maximum absolute atomic E-state index is 12.6. The molecule has 2 heterocycles. The summed E-state index contributed by atoms with van der Waals surface area (Å²) < 4.78 is 26.8. The first kappa shape index (κ1) is 18.4. The third kappa shape index (κ3) is 3.32. The van der Waals surface area contributed by atoms with E-state index in [0.29, 0.717) is 0 Å². The molecule has 1 aromatic heterocycles. The van der Waals surface area contributed by atoms with E-state index in [2.05, 4.69) is 9.88 Å². The summed E-state index contributed by atoms with van der Waals surface area (Å²) in [4.78, 5) is 18.4. The van der Waals surface area contributed by atoms with Crippen LogP contribution in [0.2, 0.25) is 0 Å². The number of oxime groups is 1. The molecule has 0 bridgehead atoms. The molecule has 8 heteroatoms. The highest BCUT2D eigenvalue weighted by Gasteiger charge is 2.45. The van der Waals surface area contributed by atoms with E-state index in [4.69, 9.17) is 4.84 Å². The number of amides is 1. The second-order valence-electron chi connectivity index (χ2n) is 6.23. The lowest BCUT2D eigenvalue weighted by atomic mass is 9.82. The van der Waals surface area contributed by atoms with Gasteiger partial charge in [0.05, 0.1) is 6.42 Å². The summed E-state index contributed by atoms with van der Waals surface area (Å²) in [5, 5.41) is 5.58. The molecule has 3 aromatic rings. The first-order valence-electron chi connectivity index (χ1n) is 8.48. The molecule has 0 spiro atoms. The van der Waals surface area contributed by atoms with E-state index in [1.165, 1.54) is 6.07 Å². The number of nitrogens with zero attached hydrogens (tertiary/aromatic N) is 1. The van der Waals surface area contributed by atoms with Crippen LogP contribution in [0.15, 0.2) is 87.5 Å². The molecule has 0 atom stereocenters. The molecule has 6 nitrogen and oxygen atoms in total. The monoisotopic (exact) mass is 412 g/mol. The fraction of sp³-hybridized carbons (Fsp3) is 0.100. The number of rotatable bonds is 5. The van der Waals surface area contributed by atoms with E-state index in [-0.39, 0.29) is 16.3 Å². The molecule has 1 aliphatic heterocycles. The van der Waals surface area contributed by atoms with Crippen LogP contribution in [-0.4, -0.2) is 20.0 Å². The smallest absolute Gasteiger partial charge is 0.282 e. The van der Waals surface area contributed by atoms with E-state index in [9.17, 15) is 13.2 Å². The number of hydrogen-bond acceptors (Lipinski definition) is 6. The van der Waals surface area contributed by atoms with Crippen molar-refractivity contribution in [3.63, 3.8) is 0 Å². The van der Waals surface area contributed by atoms with Crippen molar-refractivity contribution in [2.24, 2.45) is 5.16 Å². The summed E-state index contributed by atoms with van der Waals surface area (Å²) in [6.07, 6.45) is 0.118. The molecule has 1 aliphatic rings. The van der Waals surface area contributed by atoms with E-state index in [0.717, 1.165) is 22.5 Å². The van der Waals surface area contributed by atoms with Gasteiger partial charge in [-0.1, -0.05) is 71.9 Å². The van der Waals surface area contributed by atoms with Crippen molar-refractivity contribution in [3.8, 4) is 0 Å². The van der Waals surface area contributed by atoms with E-state index in [1.54, 1.807) is 11.4 Å². The van der Waals surface area contributed by atoms with Gasteiger partial charge in [0, 0.05) is 11.1 Å². The van der Waals surface area contributed by atoms with Crippen LogP contribution in [0.1, 0.15) is 17.5 Å². The van der Waals surface area contributed by atoms with Gasteiger partial charge in [0.2, 0.25) is 0 Å². The van der Waals surface area contributed by atoms with E-state index in [1.807, 2.05) is 60.7 Å². The van der Waals surface area contributed by atoms with Crippen LogP contribution in [0.5, 0.6) is 0 Å². The van der Waals surface area contributed by atoms with Gasteiger partial charge in [-0.3, -0.25) is 4.79 Å². The van der Waals surface area contributed by atoms with Crippen molar-refractivity contribution in [1.82, 2.24) is 4.72 Å². The molecule has 2 aromatic carbocycles. The zero-order valence-electron chi connectivity index (χ0n) is 14.6. The van der Waals surface area contributed by atoms with Crippen LogP contribution in [0.3, 0.4) is 0 Å². The number of nitrogens with one attached hydrogen (secondary N) is 1. The molecule has 0 saturated carbocycles. The number of carbonyl (C=O) groups is 1. The van der Waals surface area contributed by atoms with Crippen LogP contribution in [0, 0.1) is 0 Å². The third-order valence-electron chi connectivity index (χ3n) is 4.46. The molecule has 4 rings (SSSR count). The highest BCUT2D eigenvalue weighted by atomic mass is 32.2. The molecule has 1 amide bonds. The van der Waals surface area contributed by atoms with Crippen molar-refractivity contribution in [2.45, 2.75) is 16.2 Å². The fourth-order valence-corrected chi connectivity index (χ4v) is 5.06. The molecular formula is C20H16N2O4S2. The Bertz CT molecular complexity index is 1070. The van der Waals surface area contributed by atoms with Gasteiger partial charge < -0.3 is 4.84 Å². The van der Waals surface area contributed by atoms with Gasteiger partial charge in [-0.15, -0.1) is 11.3 Å². The number of sulfonamides is 1. The molecule has 0 unspecified atom stereocenters. The molecule has 0 saturated heterocycles. The Kier molecular flexibility index (Phi) is 4.74. The highest BCUT2D eigenvalue weighted by Crippen LogP contribution is 2.41. The summed E-state index contributed by atoms with van der Waals surface area (Å²) in [6.45, 7) is 0. The van der Waals surface area contributed by atoms with Crippen molar-refractivity contribution in [2.75, 3.05) is 0 Å². The van der Waals surface area contributed by atoms with Crippen LogP contribution in [0.25, 0.3) is 0 Å². The van der Waals surface area contributed by atoms with Crippen LogP contribution in [-0.2, 0) is 25.3 Å². The summed E-state index contributed by atoms with van der Waals surface area (Å²) >= 11 is 1.03. The number of thiophene rings is 1. The average Bonchev–Trinajstić information content (AvgIpc) is 3.40. The minimum Gasteiger partial charge on any atom is -0.379 e. The Labute approximate surface area is 166 Å². The van der Waals surface area contributed by atoms with Gasteiger partial charge in [0.25, 0.3) is 15.9 Å². The summed E-state index contributed by atoms with van der Waals surface area (Å²) in [5.41, 5.74) is 0.692. The number of benzene rings is 2. The predicted octanol–water partition coefficient (Wildman–Crippen LogP) is 3.27. The average molecular weight is 412 g/mol. The third-order valence-corrected chi connectivity index (χ3v) is 7.19. The summed E-state index contributed by atoms with van der Waals surface area (Å²) in [7, 11) is -3.94. The maximum Gasteiger partial charge on any atom is 0.282 e. The zero-order chi connectivity index (χ0) is 19.6. The molecular weight excluding hydrogens is 396 g/mol. The van der Waals surface area contributed by atoms with Crippen LogP contribution >= 0.6 is 11.3 Å². The van der Waals surface area contributed by atoms with Gasteiger partial charge in [0.1, 0.15) is 4.21 Å². The second kappa shape index (κ2) is 7.21. The first-order valence-corrected chi connectivity index (χ1v) is 10.8. The van der Waals surface area contributed by atoms with Crippen molar-refractivity contribution >= 4 is 33.0 Å². The first-order chi connectivity index (χ1) is 13.5. The number of hydrogen-bond donors (Lipinski definition) is 1. The lowest BCUT2D eigenvalue weighted by Crippen LogP contribution is -2.37. The minimum atomic E-state index is -3.94. The Hall–Kier alpha value is -2.97. The van der Waals surface area contributed by atoms with Gasteiger partial charge in [-0.25, -0.2) is 13.1 Å². The summed E-state index contributed by atoms with van der Waals surface area (Å²) in [6, 6.07) is 21.9. The molecule has 0 aliphatic carbocycles. The van der Waals surface area contributed by atoms with E-state index < -0.39 is 21.5 Å². The minimum absolute atomic E-state index is 0.0211. The van der Waals surface area contributed by atoms with Crippen molar-refractivity contribution in [3.05, 3.63) is 89.3 Å². The normalized spacial score (nSPS) is 15.5. The highest BCUT2D eigenvalue weighted by molar-refractivity contribution is 7.92. The maximum atomic E-state index is 12.6. The van der Waals surface area contributed by atoms with Gasteiger partial charge in [-0.05, 0) is 11.4 Å². The van der Waals surface area contributed by atoms with Crippen molar-refractivity contribution in [1.29, 1.82) is 0 Å². The van der Waals surface area contributed by atoms with Gasteiger partial charge in [-0.2, -0.15) is 0 Å². The Balaban J connectivity index is 1.63. The molecule has 0 radical (unpaired) electrons. The lowest BCUT2D eigenvalue weighted by molar-refractivity contribution is -0.113. The molecule has 1 N–H and O–H groups in total. The standard InChI is InChI=1S/C20H16N2O4S2/c23-19(22-28(24,25)18-12-7-13-27-18)17-14-20(26-21-17,15-8-3-1-4-9-15)16-10-5-2-6-11-16/h1-13H,14H2,(H,22,23). The largest absolute Gasteiger partial charge is 0.379 e. The zero-order valence-corrected chi connectivity index (χ0v) is 16.2. The molecule has 0 fully saturated rings.